The molecule has 46 valence electrons. The van der Waals surface area contributed by atoms with Gasteiger partial charge in [0.05, 0.1) is 0 Å². The summed E-state index contributed by atoms with van der Waals surface area (Å²) in [6, 6.07) is 0. The number of allylic oxidation sites excluding steroid dienone is 2. The van der Waals surface area contributed by atoms with E-state index >= 15 is 0 Å². The molecule has 1 aliphatic rings. The Hall–Kier alpha value is 0.340. The van der Waals surface area contributed by atoms with Crippen LogP contribution in [-0.2, 0) is 0 Å². The highest BCUT2D eigenvalue weighted by Crippen LogP contribution is 2.17. The van der Waals surface area contributed by atoms with Gasteiger partial charge in [-0.1, -0.05) is 5.57 Å². The largest absolute Gasteiger partial charge is 0.122 e. The van der Waals surface area contributed by atoms with Crippen LogP contribution in [0.2, 0.25) is 0 Å². The SMILES string of the molecule is CC1=C(C)CCI=C1. The Labute approximate surface area is 60.7 Å². The molecule has 0 amide bonds. The van der Waals surface area contributed by atoms with Crippen LogP contribution in [0.4, 0.5) is 0 Å². The molecule has 1 rings (SSSR count). The summed E-state index contributed by atoms with van der Waals surface area (Å²) in [4.78, 5) is 0. The molecule has 0 unspecified atom stereocenters. The van der Waals surface area contributed by atoms with Crippen molar-refractivity contribution in [3.05, 3.63) is 11.1 Å². The van der Waals surface area contributed by atoms with Gasteiger partial charge in [0.15, 0.2) is 0 Å². The van der Waals surface area contributed by atoms with Gasteiger partial charge in [0.25, 0.3) is 0 Å². The minimum absolute atomic E-state index is 0.464. The fourth-order valence-electron chi connectivity index (χ4n) is 0.657. The van der Waals surface area contributed by atoms with Gasteiger partial charge in [0, 0.05) is 0 Å². The first-order chi connectivity index (χ1) is 3.80. The van der Waals surface area contributed by atoms with Gasteiger partial charge in [0.1, 0.15) is 0 Å². The molecule has 0 spiro atoms. The summed E-state index contributed by atoms with van der Waals surface area (Å²) in [6.07, 6.45) is 1.37. The van der Waals surface area contributed by atoms with Crippen molar-refractivity contribution >= 4 is 24.7 Å². The van der Waals surface area contributed by atoms with Gasteiger partial charge in [-0.15, -0.1) is 20.7 Å². The Morgan fingerprint density at radius 1 is 1.50 bits per heavy atom. The minimum atomic E-state index is 0.464. The van der Waals surface area contributed by atoms with Crippen LogP contribution in [0.15, 0.2) is 11.1 Å². The van der Waals surface area contributed by atoms with Gasteiger partial charge in [-0.05, 0) is 34.3 Å². The quantitative estimate of drug-likeness (QED) is 0.436. The second-order valence-electron chi connectivity index (χ2n) is 2.17. The number of hydrogen-bond acceptors (Lipinski definition) is 0. The molecule has 0 radical (unpaired) electrons. The smallest absolute Gasteiger partial charge is 0.00149 e. The summed E-state index contributed by atoms with van der Waals surface area (Å²) in [7, 11) is 0. The van der Waals surface area contributed by atoms with Gasteiger partial charge >= 0.3 is 0 Å². The monoisotopic (exact) mass is 222 g/mol. The van der Waals surface area contributed by atoms with Crippen LogP contribution >= 0.6 is 20.7 Å². The Bertz CT molecular complexity index is 142. The van der Waals surface area contributed by atoms with Crippen molar-refractivity contribution in [3.8, 4) is 0 Å². The Balaban J connectivity index is 2.76. The highest BCUT2D eigenvalue weighted by atomic mass is 127. The van der Waals surface area contributed by atoms with E-state index in [0.29, 0.717) is 20.7 Å². The van der Waals surface area contributed by atoms with E-state index in [1.54, 1.807) is 11.1 Å². The summed E-state index contributed by atoms with van der Waals surface area (Å²) in [5.74, 6) is 0. The number of rotatable bonds is 0. The topological polar surface area (TPSA) is 0 Å². The third-order valence-corrected chi connectivity index (χ3v) is 4.03. The van der Waals surface area contributed by atoms with Crippen molar-refractivity contribution < 1.29 is 0 Å². The lowest BCUT2D eigenvalue weighted by molar-refractivity contribution is 1.11. The zero-order chi connectivity index (χ0) is 5.98. The molecule has 0 fully saturated rings. The summed E-state index contributed by atoms with van der Waals surface area (Å²) in [5.41, 5.74) is 3.17. The molecule has 0 saturated heterocycles. The Kier molecular flexibility index (Phi) is 2.23. The predicted octanol–water partition coefficient (Wildman–Crippen LogP) is 2.50. The van der Waals surface area contributed by atoms with Crippen molar-refractivity contribution in [3.63, 3.8) is 0 Å². The highest BCUT2D eigenvalue weighted by molar-refractivity contribution is 14.2. The summed E-state index contributed by atoms with van der Waals surface area (Å²) < 4.78 is 3.92. The first-order valence-corrected chi connectivity index (χ1v) is 5.65. The summed E-state index contributed by atoms with van der Waals surface area (Å²) in [5, 5.41) is 0. The van der Waals surface area contributed by atoms with Crippen LogP contribution < -0.4 is 0 Å². The predicted molar refractivity (Wildman–Crippen MR) is 47.9 cm³/mol. The molecular weight excluding hydrogens is 211 g/mol. The van der Waals surface area contributed by atoms with Gasteiger partial charge < -0.3 is 0 Å². The molecule has 1 heteroatoms. The maximum atomic E-state index is 2.44. The lowest BCUT2D eigenvalue weighted by atomic mass is 10.1. The molecule has 0 aromatic heterocycles. The van der Waals surface area contributed by atoms with Crippen molar-refractivity contribution in [1.82, 2.24) is 0 Å². The molecule has 0 atom stereocenters. The molecule has 0 nitrogen and oxygen atoms in total. The van der Waals surface area contributed by atoms with Crippen molar-refractivity contribution in [2.45, 2.75) is 20.3 Å². The van der Waals surface area contributed by atoms with E-state index in [9.17, 15) is 0 Å². The first-order valence-electron chi connectivity index (χ1n) is 2.88. The Morgan fingerprint density at radius 3 is 2.62 bits per heavy atom. The van der Waals surface area contributed by atoms with Crippen LogP contribution in [0, 0.1) is 0 Å². The van der Waals surface area contributed by atoms with Crippen molar-refractivity contribution in [1.29, 1.82) is 0 Å². The summed E-state index contributed by atoms with van der Waals surface area (Å²) >= 11 is 0.464. The average Bonchev–Trinajstić information content (AvgIpc) is 1.77. The molecule has 8 heavy (non-hydrogen) atoms. The fourth-order valence-corrected chi connectivity index (χ4v) is 3.28. The molecule has 0 bridgehead atoms. The number of alkyl halides is 1. The van der Waals surface area contributed by atoms with E-state index in [4.69, 9.17) is 0 Å². The van der Waals surface area contributed by atoms with Crippen LogP contribution in [0.1, 0.15) is 20.3 Å². The van der Waals surface area contributed by atoms with E-state index in [2.05, 4.69) is 17.9 Å². The van der Waals surface area contributed by atoms with Gasteiger partial charge in [-0.25, -0.2) is 0 Å². The summed E-state index contributed by atoms with van der Waals surface area (Å²) in [6.45, 7) is 4.48. The van der Waals surface area contributed by atoms with Gasteiger partial charge in [0.2, 0.25) is 0 Å². The van der Waals surface area contributed by atoms with Gasteiger partial charge in [-0.2, -0.15) is 0 Å². The van der Waals surface area contributed by atoms with Gasteiger partial charge in [-0.3, -0.25) is 0 Å². The van der Waals surface area contributed by atoms with Crippen LogP contribution in [0.25, 0.3) is 0 Å². The molecule has 0 aliphatic carbocycles. The zero-order valence-electron chi connectivity index (χ0n) is 5.37. The third kappa shape index (κ3) is 1.41. The first kappa shape index (κ1) is 6.46. The molecule has 0 aromatic rings. The van der Waals surface area contributed by atoms with Crippen LogP contribution in [0.5, 0.6) is 0 Å². The second kappa shape index (κ2) is 2.76. The number of hydrogen-bond donors (Lipinski definition) is 0. The fraction of sp³-hybridized carbons (Fsp3) is 0.571. The average molecular weight is 222 g/mol. The molecular formula is C7H11I. The second-order valence-corrected chi connectivity index (χ2v) is 4.75. The van der Waals surface area contributed by atoms with Crippen molar-refractivity contribution in [2.75, 3.05) is 4.43 Å². The number of halogens is 1. The lowest BCUT2D eigenvalue weighted by Gasteiger charge is -2.05. The molecule has 0 N–H and O–H groups in total. The third-order valence-electron chi connectivity index (χ3n) is 1.49. The van der Waals surface area contributed by atoms with E-state index in [-0.39, 0.29) is 0 Å². The van der Waals surface area contributed by atoms with E-state index in [1.807, 2.05) is 0 Å². The maximum Gasteiger partial charge on any atom is -0.00149 e. The molecule has 1 aliphatic heterocycles. The maximum absolute atomic E-state index is 2.44. The molecule has 1 heterocycles. The normalized spacial score (nSPS) is 20.8. The Morgan fingerprint density at radius 2 is 2.25 bits per heavy atom. The van der Waals surface area contributed by atoms with Crippen LogP contribution in [0.3, 0.4) is 0 Å². The standard InChI is InChI=1S/C7H11I/c1-6-3-4-8-5-7(6)2/h5H,3-4H2,1-2H3. The molecule has 0 saturated carbocycles. The van der Waals surface area contributed by atoms with E-state index in [1.165, 1.54) is 10.8 Å². The molecule has 0 aromatic carbocycles. The zero-order valence-corrected chi connectivity index (χ0v) is 7.53. The van der Waals surface area contributed by atoms with Crippen LogP contribution in [-0.4, -0.2) is 8.44 Å². The lowest BCUT2D eigenvalue weighted by Crippen LogP contribution is -1.90. The van der Waals surface area contributed by atoms with E-state index < -0.39 is 0 Å². The van der Waals surface area contributed by atoms with E-state index in [0.717, 1.165) is 0 Å². The minimum Gasteiger partial charge on any atom is -0.122 e. The highest BCUT2D eigenvalue weighted by Gasteiger charge is 1.96. The van der Waals surface area contributed by atoms with Crippen molar-refractivity contribution in [2.24, 2.45) is 0 Å².